The molecule has 0 aliphatic carbocycles. The van der Waals surface area contributed by atoms with Crippen LogP contribution in [0.3, 0.4) is 0 Å². The Hall–Kier alpha value is -2.73. The van der Waals surface area contributed by atoms with E-state index in [2.05, 4.69) is 24.3 Å². The van der Waals surface area contributed by atoms with Gasteiger partial charge in [0.1, 0.15) is 5.34 Å². The molecule has 0 atom stereocenters. The third kappa shape index (κ3) is 3.45. The smallest absolute Gasteiger partial charge is 0.142 e. The second-order valence-electron chi connectivity index (χ2n) is 6.41. The van der Waals surface area contributed by atoms with Gasteiger partial charge in [-0.05, 0) is 29.7 Å². The minimum atomic E-state index is -1.12. The fraction of sp³-hybridized carbons (Fsp3) is 0.0400. The summed E-state index contributed by atoms with van der Waals surface area (Å²) in [5.41, 5.74) is 1.82. The molecule has 0 spiro atoms. The van der Waals surface area contributed by atoms with E-state index in [0.717, 1.165) is 21.7 Å². The maximum Gasteiger partial charge on any atom is 0.142 e. The minimum absolute atomic E-state index is 0.912. The van der Waals surface area contributed by atoms with Crippen LogP contribution in [0.5, 0.6) is 0 Å². The van der Waals surface area contributed by atoms with Crippen LogP contribution < -0.4 is 10.6 Å². The first-order valence-electron chi connectivity index (χ1n) is 9.04. The number of benzene rings is 4. The quantitative estimate of drug-likeness (QED) is 0.491. The molecule has 0 fully saturated rings. The van der Waals surface area contributed by atoms with E-state index in [0.29, 0.717) is 0 Å². The summed E-state index contributed by atoms with van der Waals surface area (Å²) in [7, 11) is -1.09. The van der Waals surface area contributed by atoms with Crippen molar-refractivity contribution in [2.45, 2.75) is 5.34 Å². The lowest BCUT2D eigenvalue weighted by molar-refractivity contribution is 0.176. The molecule has 2 heteroatoms. The summed E-state index contributed by atoms with van der Waals surface area (Å²) in [5, 5.41) is 13.5. The van der Waals surface area contributed by atoms with Crippen LogP contribution in [-0.2, 0) is 5.34 Å². The van der Waals surface area contributed by atoms with Crippen molar-refractivity contribution < 1.29 is 5.11 Å². The SMILES string of the molecule is OC(c1ccccc1)(c1ccccc1)P(c1ccccc1)c1ccccc1. The molecule has 132 valence electrons. The molecule has 0 radical (unpaired) electrons. The molecule has 0 aromatic heterocycles. The summed E-state index contributed by atoms with van der Waals surface area (Å²) in [4.78, 5) is 0. The van der Waals surface area contributed by atoms with Crippen LogP contribution in [0.1, 0.15) is 11.1 Å². The van der Waals surface area contributed by atoms with Gasteiger partial charge in [0.05, 0.1) is 0 Å². The maximum absolute atomic E-state index is 12.3. The Bertz CT molecular complexity index is 891. The molecule has 1 N–H and O–H groups in total. The molecule has 0 heterocycles. The highest BCUT2D eigenvalue weighted by Crippen LogP contribution is 2.56. The molecule has 0 aliphatic heterocycles. The second kappa shape index (κ2) is 7.88. The third-order valence-corrected chi connectivity index (χ3v) is 7.50. The van der Waals surface area contributed by atoms with Crippen LogP contribution in [0.2, 0.25) is 0 Å². The number of rotatable bonds is 5. The van der Waals surface area contributed by atoms with E-state index < -0.39 is 13.3 Å². The summed E-state index contributed by atoms with van der Waals surface area (Å²) < 4.78 is 0. The lowest BCUT2D eigenvalue weighted by atomic mass is 10.0. The van der Waals surface area contributed by atoms with Gasteiger partial charge in [-0.1, -0.05) is 121 Å². The standard InChI is InChI=1S/C25H21OP/c26-25(21-13-5-1-6-14-21,22-15-7-2-8-16-22)27(23-17-9-3-10-18-23)24-19-11-4-12-20-24/h1-20,26H. The summed E-state index contributed by atoms with van der Waals surface area (Å²) in [6.07, 6.45) is 0. The van der Waals surface area contributed by atoms with Crippen molar-refractivity contribution in [3.63, 3.8) is 0 Å². The molecule has 1 nitrogen and oxygen atoms in total. The van der Waals surface area contributed by atoms with E-state index in [9.17, 15) is 5.11 Å². The molecule has 0 saturated carbocycles. The van der Waals surface area contributed by atoms with Crippen LogP contribution >= 0.6 is 7.92 Å². The fourth-order valence-electron chi connectivity index (χ4n) is 3.44. The van der Waals surface area contributed by atoms with Gasteiger partial charge in [-0.25, -0.2) is 0 Å². The first kappa shape index (κ1) is 17.7. The number of hydrogen-bond donors (Lipinski definition) is 1. The van der Waals surface area contributed by atoms with Gasteiger partial charge in [-0.3, -0.25) is 0 Å². The predicted octanol–water partition coefficient (Wildman–Crippen LogP) is 5.01. The molecule has 0 bridgehead atoms. The Kier molecular flexibility index (Phi) is 5.16. The fourth-order valence-corrected chi connectivity index (χ4v) is 6.24. The molecule has 0 unspecified atom stereocenters. The van der Waals surface area contributed by atoms with E-state index >= 15 is 0 Å². The second-order valence-corrected chi connectivity index (χ2v) is 8.76. The Morgan fingerprint density at radius 3 is 1.07 bits per heavy atom. The van der Waals surface area contributed by atoms with Gasteiger partial charge in [-0.15, -0.1) is 0 Å². The summed E-state index contributed by atoms with van der Waals surface area (Å²) in [6.45, 7) is 0. The molecular weight excluding hydrogens is 347 g/mol. The average Bonchev–Trinajstić information content (AvgIpc) is 2.76. The number of aliphatic hydroxyl groups is 1. The first-order chi connectivity index (χ1) is 13.3. The highest BCUT2D eigenvalue weighted by Gasteiger charge is 2.41. The normalized spacial score (nSPS) is 11.5. The molecule has 4 aromatic rings. The van der Waals surface area contributed by atoms with Gasteiger partial charge in [0.2, 0.25) is 0 Å². The van der Waals surface area contributed by atoms with E-state index in [1.54, 1.807) is 0 Å². The van der Waals surface area contributed by atoms with E-state index in [4.69, 9.17) is 0 Å². The zero-order valence-corrected chi connectivity index (χ0v) is 15.8. The predicted molar refractivity (Wildman–Crippen MR) is 115 cm³/mol. The van der Waals surface area contributed by atoms with Crippen LogP contribution in [0.15, 0.2) is 121 Å². The maximum atomic E-state index is 12.3. The van der Waals surface area contributed by atoms with Crippen LogP contribution in [0.25, 0.3) is 0 Å². The van der Waals surface area contributed by atoms with Crippen molar-refractivity contribution in [1.29, 1.82) is 0 Å². The van der Waals surface area contributed by atoms with E-state index in [-0.39, 0.29) is 0 Å². The van der Waals surface area contributed by atoms with Crippen molar-refractivity contribution in [2.75, 3.05) is 0 Å². The zero-order chi connectivity index (χ0) is 18.5. The highest BCUT2D eigenvalue weighted by molar-refractivity contribution is 7.74. The third-order valence-electron chi connectivity index (χ3n) is 4.71. The number of hydrogen-bond acceptors (Lipinski definition) is 1. The van der Waals surface area contributed by atoms with Gasteiger partial charge >= 0.3 is 0 Å². The van der Waals surface area contributed by atoms with Crippen molar-refractivity contribution in [3.8, 4) is 0 Å². The van der Waals surface area contributed by atoms with E-state index in [1.807, 2.05) is 97.1 Å². The van der Waals surface area contributed by atoms with Gasteiger partial charge < -0.3 is 5.11 Å². The lowest BCUT2D eigenvalue weighted by Gasteiger charge is -2.38. The minimum Gasteiger partial charge on any atom is -0.376 e. The van der Waals surface area contributed by atoms with Crippen LogP contribution in [0, 0.1) is 0 Å². The Morgan fingerprint density at radius 1 is 0.444 bits per heavy atom. The van der Waals surface area contributed by atoms with Crippen molar-refractivity contribution in [3.05, 3.63) is 132 Å². The molecular formula is C25H21OP. The average molecular weight is 368 g/mol. The molecule has 0 amide bonds. The van der Waals surface area contributed by atoms with Gasteiger partial charge in [-0.2, -0.15) is 0 Å². The highest BCUT2D eigenvalue weighted by atomic mass is 31.1. The first-order valence-corrected chi connectivity index (χ1v) is 10.4. The van der Waals surface area contributed by atoms with Gasteiger partial charge in [0, 0.05) is 0 Å². The van der Waals surface area contributed by atoms with Crippen molar-refractivity contribution >= 4 is 18.5 Å². The molecule has 0 aliphatic rings. The molecule has 0 saturated heterocycles. The van der Waals surface area contributed by atoms with Crippen molar-refractivity contribution in [2.24, 2.45) is 0 Å². The molecule has 27 heavy (non-hydrogen) atoms. The Labute approximate surface area is 161 Å². The lowest BCUT2D eigenvalue weighted by Crippen LogP contribution is -2.33. The molecule has 4 aromatic carbocycles. The summed E-state index contributed by atoms with van der Waals surface area (Å²) in [6, 6.07) is 40.7. The van der Waals surface area contributed by atoms with Gasteiger partial charge in [0.25, 0.3) is 0 Å². The topological polar surface area (TPSA) is 20.2 Å². The molecule has 4 rings (SSSR count). The summed E-state index contributed by atoms with van der Waals surface area (Å²) >= 11 is 0. The monoisotopic (exact) mass is 368 g/mol. The van der Waals surface area contributed by atoms with Gasteiger partial charge in [0.15, 0.2) is 0 Å². The van der Waals surface area contributed by atoms with Crippen LogP contribution in [0.4, 0.5) is 0 Å². The summed E-state index contributed by atoms with van der Waals surface area (Å²) in [5.74, 6) is 0. The van der Waals surface area contributed by atoms with Crippen molar-refractivity contribution in [1.82, 2.24) is 0 Å². The Balaban J connectivity index is 2.01. The largest absolute Gasteiger partial charge is 0.376 e. The van der Waals surface area contributed by atoms with E-state index in [1.165, 1.54) is 0 Å². The Morgan fingerprint density at radius 2 is 0.741 bits per heavy atom. The zero-order valence-electron chi connectivity index (χ0n) is 14.9. The van der Waals surface area contributed by atoms with Crippen LogP contribution in [-0.4, -0.2) is 5.11 Å².